The van der Waals surface area contributed by atoms with Crippen LogP contribution in [0.15, 0.2) is 66.6 Å². The number of rotatable bonds is 7. The largest absolute Gasteiger partial charge is 0.336 e. The maximum absolute atomic E-state index is 14.3. The number of fused-ring (bicyclic) bond motifs is 2. The lowest BCUT2D eigenvalue weighted by Gasteiger charge is -2.06. The first-order valence-electron chi connectivity index (χ1n) is 11.1. The Labute approximate surface area is 200 Å². The molecule has 9 heteroatoms. The van der Waals surface area contributed by atoms with E-state index in [1.165, 1.54) is 18.3 Å². The molecule has 8 nitrogen and oxygen atoms in total. The van der Waals surface area contributed by atoms with Crippen LogP contribution in [-0.4, -0.2) is 43.4 Å². The van der Waals surface area contributed by atoms with E-state index in [2.05, 4.69) is 42.0 Å². The number of aromatic nitrogens is 6. The maximum atomic E-state index is 14.3. The minimum absolute atomic E-state index is 0.319. The van der Waals surface area contributed by atoms with Crippen LogP contribution in [0.3, 0.4) is 0 Å². The lowest BCUT2D eigenvalue weighted by Crippen LogP contribution is -2.05. The van der Waals surface area contributed by atoms with Gasteiger partial charge in [0.25, 0.3) is 0 Å². The number of nitrogens with zero attached hydrogens (tertiary/aromatic N) is 5. The zero-order chi connectivity index (χ0) is 24.4. The lowest BCUT2D eigenvalue weighted by atomic mass is 10.1. The van der Waals surface area contributed by atoms with E-state index in [9.17, 15) is 4.39 Å². The molecular weight excluding hydrogens is 443 g/mol. The van der Waals surface area contributed by atoms with E-state index in [4.69, 9.17) is 4.98 Å². The van der Waals surface area contributed by atoms with Gasteiger partial charge in [0.05, 0.1) is 28.6 Å². The van der Waals surface area contributed by atoms with Crippen LogP contribution in [0.1, 0.15) is 18.2 Å². The molecule has 5 aromatic rings. The zero-order valence-electron chi connectivity index (χ0n) is 19.3. The smallest absolute Gasteiger partial charge is 0.159 e. The summed E-state index contributed by atoms with van der Waals surface area (Å²) in [5.74, 6) is 0.256. The highest BCUT2D eigenvalue weighted by molar-refractivity contribution is 6.10. The fourth-order valence-electron chi connectivity index (χ4n) is 4.03. The second-order valence-corrected chi connectivity index (χ2v) is 7.91. The predicted octanol–water partition coefficient (Wildman–Crippen LogP) is 5.04. The van der Waals surface area contributed by atoms with Crippen molar-refractivity contribution in [3.63, 3.8) is 0 Å². The molecule has 1 aromatic carbocycles. The van der Waals surface area contributed by atoms with Crippen molar-refractivity contribution in [1.82, 2.24) is 35.5 Å². The highest BCUT2D eigenvalue weighted by atomic mass is 19.1. The Hall–Kier alpha value is -4.50. The van der Waals surface area contributed by atoms with Crippen molar-refractivity contribution in [3.05, 3.63) is 78.7 Å². The minimum atomic E-state index is -0.319. The van der Waals surface area contributed by atoms with Gasteiger partial charge in [-0.1, -0.05) is 12.7 Å². The normalized spacial score (nSPS) is 12.3. The van der Waals surface area contributed by atoms with Crippen molar-refractivity contribution < 1.29 is 4.39 Å². The van der Waals surface area contributed by atoms with E-state index in [1.807, 2.05) is 38.2 Å². The van der Waals surface area contributed by atoms with Gasteiger partial charge in [-0.25, -0.2) is 9.37 Å². The number of halogens is 1. The highest BCUT2D eigenvalue weighted by Crippen LogP contribution is 2.31. The van der Waals surface area contributed by atoms with Gasteiger partial charge in [0.2, 0.25) is 0 Å². The third-order valence-corrected chi connectivity index (χ3v) is 5.61. The average molecular weight is 467 g/mol. The Morgan fingerprint density at radius 3 is 2.86 bits per heavy atom. The predicted molar refractivity (Wildman–Crippen MR) is 137 cm³/mol. The molecule has 35 heavy (non-hydrogen) atoms. The van der Waals surface area contributed by atoms with Crippen LogP contribution in [0.5, 0.6) is 0 Å². The van der Waals surface area contributed by atoms with Crippen LogP contribution in [0.25, 0.3) is 50.3 Å². The number of imidazole rings is 1. The van der Waals surface area contributed by atoms with Crippen molar-refractivity contribution >= 4 is 33.7 Å². The summed E-state index contributed by atoms with van der Waals surface area (Å²) in [6.45, 7) is 6.10. The van der Waals surface area contributed by atoms with E-state index in [-0.39, 0.29) is 5.82 Å². The Bertz CT molecular complexity index is 1610. The van der Waals surface area contributed by atoms with Crippen LogP contribution in [0.2, 0.25) is 0 Å². The molecule has 0 spiro atoms. The number of H-pyrrole nitrogens is 2. The molecule has 0 unspecified atom stereocenters. The number of pyridine rings is 2. The van der Waals surface area contributed by atoms with Crippen molar-refractivity contribution in [2.75, 3.05) is 7.05 Å². The summed E-state index contributed by atoms with van der Waals surface area (Å²) in [4.78, 5) is 21.3. The monoisotopic (exact) mass is 466 g/mol. The Morgan fingerprint density at radius 2 is 2.06 bits per heavy atom. The van der Waals surface area contributed by atoms with Gasteiger partial charge in [-0.15, -0.1) is 0 Å². The first-order valence-corrected chi connectivity index (χ1v) is 11.1. The second kappa shape index (κ2) is 9.40. The van der Waals surface area contributed by atoms with Crippen LogP contribution in [0.4, 0.5) is 4.39 Å². The van der Waals surface area contributed by atoms with Crippen molar-refractivity contribution in [1.29, 1.82) is 0 Å². The molecule has 0 aliphatic carbocycles. The van der Waals surface area contributed by atoms with Crippen LogP contribution >= 0.6 is 0 Å². The first kappa shape index (κ1) is 22.3. The highest BCUT2D eigenvalue weighted by Gasteiger charge is 2.17. The quantitative estimate of drug-likeness (QED) is 0.291. The van der Waals surface area contributed by atoms with Crippen molar-refractivity contribution in [2.45, 2.75) is 13.5 Å². The topological polar surface area (TPSA) is 108 Å². The first-order chi connectivity index (χ1) is 17.1. The number of hydrogen-bond donors (Lipinski definition) is 3. The fourth-order valence-corrected chi connectivity index (χ4v) is 4.03. The molecule has 0 aliphatic rings. The molecule has 5 rings (SSSR count). The summed E-state index contributed by atoms with van der Waals surface area (Å²) in [6.07, 6.45) is 8.54. The Morgan fingerprint density at radius 1 is 1.17 bits per heavy atom. The van der Waals surface area contributed by atoms with Crippen LogP contribution < -0.4 is 5.32 Å². The number of aromatic amines is 2. The molecule has 0 amide bonds. The third kappa shape index (κ3) is 4.24. The van der Waals surface area contributed by atoms with E-state index in [0.717, 1.165) is 33.3 Å². The summed E-state index contributed by atoms with van der Waals surface area (Å²) >= 11 is 0. The molecule has 0 saturated carbocycles. The van der Waals surface area contributed by atoms with Crippen molar-refractivity contribution in [3.8, 4) is 22.8 Å². The van der Waals surface area contributed by atoms with E-state index >= 15 is 0 Å². The molecule has 174 valence electrons. The lowest BCUT2D eigenvalue weighted by molar-refractivity contribution is 0.624. The molecule has 3 N–H and O–H groups in total. The van der Waals surface area contributed by atoms with E-state index in [0.29, 0.717) is 34.8 Å². The Kier molecular flexibility index (Phi) is 5.99. The molecule has 4 aromatic heterocycles. The average Bonchev–Trinajstić information content (AvgIpc) is 3.48. The number of hydrogen-bond acceptors (Lipinski definition) is 6. The molecule has 0 atom stereocenters. The van der Waals surface area contributed by atoms with Gasteiger partial charge < -0.3 is 10.3 Å². The standard InChI is InChI=1S/C26H23FN8/c1-4-16(13-29-5-2)21-11-19-22(14-31-21)34-35-24(19)26-32-20-6-7-30-23(25(20)33-26)17-8-15(12-28-3)9-18(27)10-17/h4-11,13-14,28H,2,12H2,1,3H3,(H,32,33)(H,34,35)/b16-4+,29-13?. The second-order valence-electron chi connectivity index (χ2n) is 7.91. The molecule has 0 saturated heterocycles. The van der Waals surface area contributed by atoms with Gasteiger partial charge in [0, 0.05) is 41.7 Å². The van der Waals surface area contributed by atoms with Gasteiger partial charge in [0.15, 0.2) is 5.82 Å². The summed E-state index contributed by atoms with van der Waals surface area (Å²) in [5.41, 5.74) is 6.55. The maximum Gasteiger partial charge on any atom is 0.159 e. The number of nitrogens with one attached hydrogen (secondary N) is 3. The third-order valence-electron chi connectivity index (χ3n) is 5.61. The summed E-state index contributed by atoms with van der Waals surface area (Å²) in [5, 5.41) is 11.4. The van der Waals surface area contributed by atoms with Gasteiger partial charge in [0.1, 0.15) is 17.0 Å². The van der Waals surface area contributed by atoms with E-state index < -0.39 is 0 Å². The number of allylic oxidation sites excluding steroid dienone is 2. The summed E-state index contributed by atoms with van der Waals surface area (Å²) in [7, 11) is 1.82. The van der Waals surface area contributed by atoms with Crippen molar-refractivity contribution in [2.24, 2.45) is 4.99 Å². The number of benzene rings is 1. The van der Waals surface area contributed by atoms with Gasteiger partial charge in [-0.2, -0.15) is 5.10 Å². The minimum Gasteiger partial charge on any atom is -0.336 e. The molecule has 0 aliphatic heterocycles. The van der Waals surface area contributed by atoms with Crippen LogP contribution in [0, 0.1) is 5.82 Å². The SMILES string of the molecule is C=CN=C/C(=C\C)c1cc2c(-c3nc4c(-c5cc(F)cc(CNC)c5)nccc4[nH]3)n[nH]c2cn1. The van der Waals surface area contributed by atoms with Crippen LogP contribution in [-0.2, 0) is 6.54 Å². The molecule has 4 heterocycles. The summed E-state index contributed by atoms with van der Waals surface area (Å²) < 4.78 is 14.3. The molecule has 0 bridgehead atoms. The van der Waals surface area contributed by atoms with Gasteiger partial charge in [-0.05, 0) is 49.9 Å². The van der Waals surface area contributed by atoms with E-state index in [1.54, 1.807) is 18.6 Å². The Balaban J connectivity index is 1.63. The number of aliphatic imine (C=N–C) groups is 1. The summed E-state index contributed by atoms with van der Waals surface area (Å²) in [6, 6.07) is 8.69. The molecular formula is C26H23FN8. The van der Waals surface area contributed by atoms with Gasteiger partial charge in [-0.3, -0.25) is 20.1 Å². The molecule has 0 fully saturated rings. The van der Waals surface area contributed by atoms with Gasteiger partial charge >= 0.3 is 0 Å². The molecule has 0 radical (unpaired) electrons. The fraction of sp³-hybridized carbons (Fsp3) is 0.115. The zero-order valence-corrected chi connectivity index (χ0v) is 19.3.